The Morgan fingerprint density at radius 2 is 1.97 bits per heavy atom. The molecule has 9 nitrogen and oxygen atoms in total. The lowest BCUT2D eigenvalue weighted by Crippen LogP contribution is -2.49. The Balaban J connectivity index is 1.37. The van der Waals surface area contributed by atoms with E-state index in [1.807, 2.05) is 16.7 Å². The van der Waals surface area contributed by atoms with Crippen molar-refractivity contribution in [1.29, 1.82) is 5.26 Å². The van der Waals surface area contributed by atoms with Crippen LogP contribution in [0.4, 0.5) is 4.79 Å². The summed E-state index contributed by atoms with van der Waals surface area (Å²) < 4.78 is 6.97. The molecule has 9 heteroatoms. The first-order valence-electron chi connectivity index (χ1n) is 11.7. The predicted octanol–water partition coefficient (Wildman–Crippen LogP) is 3.17. The molecule has 1 aromatic carbocycles. The highest BCUT2D eigenvalue weighted by Gasteiger charge is 2.52. The van der Waals surface area contributed by atoms with Gasteiger partial charge in [0.2, 0.25) is 5.78 Å². The quantitative estimate of drug-likeness (QED) is 0.364. The third kappa shape index (κ3) is 4.40. The van der Waals surface area contributed by atoms with Gasteiger partial charge in [-0.25, -0.2) is 4.79 Å². The maximum absolute atomic E-state index is 13.0. The molecule has 1 aliphatic carbocycles. The Hall–Kier alpha value is -3.67. The molecule has 0 atom stereocenters. The van der Waals surface area contributed by atoms with Crippen molar-refractivity contribution in [2.24, 2.45) is 5.92 Å². The fraction of sp³-hybridized carbons (Fsp3) is 0.480. The zero-order valence-electron chi connectivity index (χ0n) is 19.2. The van der Waals surface area contributed by atoms with Crippen molar-refractivity contribution in [2.75, 3.05) is 13.2 Å². The van der Waals surface area contributed by atoms with Gasteiger partial charge in [0.1, 0.15) is 12.1 Å². The van der Waals surface area contributed by atoms with Crippen LogP contribution in [-0.2, 0) is 20.9 Å². The summed E-state index contributed by atoms with van der Waals surface area (Å²) in [5.74, 6) is -1.06. The minimum absolute atomic E-state index is 0.299. The van der Waals surface area contributed by atoms with Gasteiger partial charge in [-0.15, -0.1) is 0 Å². The van der Waals surface area contributed by atoms with Crippen LogP contribution in [-0.4, -0.2) is 51.8 Å². The molecule has 4 rings (SSSR count). The topological polar surface area (TPSA) is 122 Å². The molecule has 0 radical (unpaired) electrons. The van der Waals surface area contributed by atoms with Gasteiger partial charge >= 0.3 is 12.0 Å². The van der Waals surface area contributed by atoms with Crippen LogP contribution in [0.1, 0.15) is 55.8 Å². The number of urea groups is 1. The SMILES string of the molecule is CCC1CCC2(CC1)NC(=O)N(CC(=O)OCC(=O)c1cn(CCC#N)c3ccccc13)C2=O. The van der Waals surface area contributed by atoms with Gasteiger partial charge in [-0.05, 0) is 37.7 Å². The van der Waals surface area contributed by atoms with E-state index in [9.17, 15) is 19.2 Å². The van der Waals surface area contributed by atoms with Gasteiger partial charge in [-0.3, -0.25) is 19.3 Å². The van der Waals surface area contributed by atoms with Crippen LogP contribution in [0.15, 0.2) is 30.5 Å². The number of fused-ring (bicyclic) bond motifs is 1. The number of carbonyl (C=O) groups excluding carboxylic acids is 4. The van der Waals surface area contributed by atoms with Crippen LogP contribution in [0, 0.1) is 17.2 Å². The van der Waals surface area contributed by atoms with Crippen molar-refractivity contribution in [2.45, 2.75) is 57.5 Å². The normalized spacial score (nSPS) is 22.1. The molecule has 1 aliphatic heterocycles. The zero-order valence-corrected chi connectivity index (χ0v) is 19.2. The molecule has 34 heavy (non-hydrogen) atoms. The number of imide groups is 1. The number of esters is 1. The average molecular weight is 465 g/mol. The number of hydrogen-bond acceptors (Lipinski definition) is 6. The molecular formula is C25H28N4O5. The number of nitriles is 1. The Morgan fingerprint density at radius 1 is 1.24 bits per heavy atom. The first-order valence-corrected chi connectivity index (χ1v) is 11.7. The molecule has 1 aromatic heterocycles. The number of ketones is 1. The van der Waals surface area contributed by atoms with Crippen molar-refractivity contribution >= 4 is 34.6 Å². The van der Waals surface area contributed by atoms with Gasteiger partial charge in [0.15, 0.2) is 6.61 Å². The molecule has 178 valence electrons. The summed E-state index contributed by atoms with van der Waals surface area (Å²) in [6.07, 6.45) is 5.85. The molecule has 3 amide bonds. The van der Waals surface area contributed by atoms with Gasteiger partial charge in [-0.1, -0.05) is 31.5 Å². The Bertz CT molecular complexity index is 1170. The Kier molecular flexibility index (Phi) is 6.68. The largest absolute Gasteiger partial charge is 0.456 e. The summed E-state index contributed by atoms with van der Waals surface area (Å²) in [4.78, 5) is 51.5. The fourth-order valence-corrected chi connectivity index (χ4v) is 4.96. The number of rotatable bonds is 8. The van der Waals surface area contributed by atoms with E-state index in [1.54, 1.807) is 18.3 Å². The highest BCUT2D eigenvalue weighted by atomic mass is 16.5. The number of nitrogens with zero attached hydrogens (tertiary/aromatic N) is 3. The van der Waals surface area contributed by atoms with Crippen molar-refractivity contribution in [3.8, 4) is 6.07 Å². The summed E-state index contributed by atoms with van der Waals surface area (Å²) in [5, 5.41) is 12.4. The van der Waals surface area contributed by atoms with E-state index >= 15 is 0 Å². The number of carbonyl (C=O) groups is 4. The molecule has 2 aliphatic rings. The third-order valence-electron chi connectivity index (χ3n) is 6.99. The van der Waals surface area contributed by atoms with Gasteiger partial charge in [0.05, 0.1) is 12.5 Å². The standard InChI is InChI=1S/C25H28N4O5/c1-2-17-8-10-25(11-9-17)23(32)29(24(33)27-25)15-22(31)34-16-21(30)19-14-28(13-5-12-26)20-7-4-3-6-18(19)20/h3-4,6-7,14,17H,2,5,8-11,13,15-16H2,1H3,(H,27,33). The maximum Gasteiger partial charge on any atom is 0.326 e. The highest BCUT2D eigenvalue weighted by molar-refractivity contribution is 6.10. The van der Waals surface area contributed by atoms with Gasteiger partial charge in [0, 0.05) is 29.2 Å². The van der Waals surface area contributed by atoms with E-state index in [0.717, 1.165) is 29.7 Å². The lowest BCUT2D eigenvalue weighted by Gasteiger charge is -2.34. The summed E-state index contributed by atoms with van der Waals surface area (Å²) in [5.41, 5.74) is 0.280. The van der Waals surface area contributed by atoms with E-state index in [0.29, 0.717) is 42.7 Å². The van der Waals surface area contributed by atoms with Crippen LogP contribution in [0.3, 0.4) is 0 Å². The highest BCUT2D eigenvalue weighted by Crippen LogP contribution is 2.37. The van der Waals surface area contributed by atoms with Crippen molar-refractivity contribution in [3.63, 3.8) is 0 Å². The molecule has 1 N–H and O–H groups in total. The van der Waals surface area contributed by atoms with Crippen LogP contribution >= 0.6 is 0 Å². The lowest BCUT2D eigenvalue weighted by molar-refractivity contribution is -0.147. The molecule has 2 fully saturated rings. The molecule has 1 saturated carbocycles. The molecule has 0 bridgehead atoms. The number of ether oxygens (including phenoxy) is 1. The zero-order chi connectivity index (χ0) is 24.3. The number of nitrogens with one attached hydrogen (secondary N) is 1. The van der Waals surface area contributed by atoms with Crippen molar-refractivity contribution in [3.05, 3.63) is 36.0 Å². The summed E-state index contributed by atoms with van der Waals surface area (Å²) in [6.45, 7) is 1.53. The second-order valence-electron chi connectivity index (χ2n) is 9.00. The number of para-hydroxylation sites is 1. The van der Waals surface area contributed by atoms with Crippen molar-refractivity contribution < 1.29 is 23.9 Å². The predicted molar refractivity (Wildman–Crippen MR) is 123 cm³/mol. The van der Waals surface area contributed by atoms with Gasteiger partial charge in [0.25, 0.3) is 5.91 Å². The lowest BCUT2D eigenvalue weighted by atomic mass is 9.75. The van der Waals surface area contributed by atoms with E-state index in [-0.39, 0.29) is 0 Å². The van der Waals surface area contributed by atoms with Crippen molar-refractivity contribution in [1.82, 2.24) is 14.8 Å². The van der Waals surface area contributed by atoms with Gasteiger partial charge in [-0.2, -0.15) is 5.26 Å². The fourth-order valence-electron chi connectivity index (χ4n) is 4.96. The monoisotopic (exact) mass is 464 g/mol. The van der Waals surface area contributed by atoms with Crippen LogP contribution in [0.25, 0.3) is 10.9 Å². The summed E-state index contributed by atoms with van der Waals surface area (Å²) in [6, 6.07) is 8.80. The first-order chi connectivity index (χ1) is 16.4. The molecule has 2 aromatic rings. The van der Waals surface area contributed by atoms with E-state index in [1.165, 1.54) is 0 Å². The number of aryl methyl sites for hydroxylation is 1. The van der Waals surface area contributed by atoms with Crippen LogP contribution in [0.2, 0.25) is 0 Å². The number of amides is 3. The number of Topliss-reactive ketones (excluding diaryl/α,β-unsaturated/α-hetero) is 1. The molecule has 0 unspecified atom stereocenters. The molecule has 1 saturated heterocycles. The minimum atomic E-state index is -0.926. The number of hydrogen-bond donors (Lipinski definition) is 1. The number of benzene rings is 1. The molecule has 2 heterocycles. The van der Waals surface area contributed by atoms with E-state index in [2.05, 4.69) is 18.3 Å². The second-order valence-corrected chi connectivity index (χ2v) is 9.00. The summed E-state index contributed by atoms with van der Waals surface area (Å²) in [7, 11) is 0. The smallest absolute Gasteiger partial charge is 0.326 e. The Labute approximate surface area is 197 Å². The molecule has 1 spiro atoms. The average Bonchev–Trinajstić information content (AvgIpc) is 3.32. The van der Waals surface area contributed by atoms with Gasteiger partial charge < -0.3 is 14.6 Å². The Morgan fingerprint density at radius 3 is 2.68 bits per heavy atom. The van der Waals surface area contributed by atoms with E-state index in [4.69, 9.17) is 10.00 Å². The minimum Gasteiger partial charge on any atom is -0.456 e. The van der Waals surface area contributed by atoms with E-state index < -0.39 is 42.4 Å². The summed E-state index contributed by atoms with van der Waals surface area (Å²) >= 11 is 0. The first kappa shape index (κ1) is 23.5. The van der Waals surface area contributed by atoms with Crippen LogP contribution < -0.4 is 5.32 Å². The van der Waals surface area contributed by atoms with Crippen LogP contribution in [0.5, 0.6) is 0 Å². The second kappa shape index (κ2) is 9.67. The number of aromatic nitrogens is 1. The maximum atomic E-state index is 13.0. The third-order valence-corrected chi connectivity index (χ3v) is 6.99. The molecular weight excluding hydrogens is 436 g/mol.